The summed E-state index contributed by atoms with van der Waals surface area (Å²) < 4.78 is 5.27. The van der Waals surface area contributed by atoms with Crippen molar-refractivity contribution in [2.24, 2.45) is 0 Å². The molecule has 0 bridgehead atoms. The highest BCUT2D eigenvalue weighted by molar-refractivity contribution is 5.26. The molecule has 1 N–H and O–H groups in total. The third-order valence-corrected chi connectivity index (χ3v) is 4.26. The van der Waals surface area contributed by atoms with Crippen LogP contribution in [0.1, 0.15) is 37.8 Å². The molecule has 0 atom stereocenters. The first-order chi connectivity index (χ1) is 9.70. The van der Waals surface area contributed by atoms with Crippen molar-refractivity contribution in [2.75, 3.05) is 20.2 Å². The Morgan fingerprint density at radius 2 is 1.85 bits per heavy atom. The molecular weight excluding hydrogens is 248 g/mol. The van der Waals surface area contributed by atoms with Crippen molar-refractivity contribution in [1.82, 2.24) is 10.2 Å². The van der Waals surface area contributed by atoms with Gasteiger partial charge in [0.1, 0.15) is 0 Å². The van der Waals surface area contributed by atoms with Crippen LogP contribution in [0.5, 0.6) is 0 Å². The first-order valence-electron chi connectivity index (χ1n) is 7.74. The number of nitrogens with zero attached hydrogens (tertiary/aromatic N) is 1. The zero-order chi connectivity index (χ0) is 14.4. The molecule has 20 heavy (non-hydrogen) atoms. The number of hydrogen-bond donors (Lipinski definition) is 1. The molecule has 3 heteroatoms. The maximum Gasteiger partial charge on any atom is 0.0716 e. The summed E-state index contributed by atoms with van der Waals surface area (Å²) in [7, 11) is 1.76. The molecule has 112 valence electrons. The number of nitrogens with one attached hydrogen (secondary N) is 1. The molecule has 0 aromatic heterocycles. The van der Waals surface area contributed by atoms with Gasteiger partial charge in [-0.1, -0.05) is 24.3 Å². The quantitative estimate of drug-likeness (QED) is 0.864. The summed E-state index contributed by atoms with van der Waals surface area (Å²) in [5.41, 5.74) is 2.66. The Kier molecular flexibility index (Phi) is 6.02. The summed E-state index contributed by atoms with van der Waals surface area (Å²) in [4.78, 5) is 2.57. The highest BCUT2D eigenvalue weighted by atomic mass is 16.5. The van der Waals surface area contributed by atoms with E-state index in [9.17, 15) is 0 Å². The standard InChI is InChI=1S/C17H28N2O/c1-14(2)19-10-8-17(9-11-19)18-12-15-6-4-5-7-16(15)13-20-3/h4-7,14,17-18H,8-13H2,1-3H3. The Hall–Kier alpha value is -0.900. The van der Waals surface area contributed by atoms with Crippen LogP contribution in [0.2, 0.25) is 0 Å². The van der Waals surface area contributed by atoms with E-state index in [1.54, 1.807) is 7.11 Å². The molecule has 2 rings (SSSR count). The van der Waals surface area contributed by atoms with Gasteiger partial charge in [0.2, 0.25) is 0 Å². The number of likely N-dealkylation sites (tertiary alicyclic amines) is 1. The Labute approximate surface area is 123 Å². The number of rotatable bonds is 6. The van der Waals surface area contributed by atoms with Crippen LogP contribution in [0, 0.1) is 0 Å². The first-order valence-corrected chi connectivity index (χ1v) is 7.74. The summed E-state index contributed by atoms with van der Waals surface area (Å²) in [6.45, 7) is 8.66. The van der Waals surface area contributed by atoms with Gasteiger partial charge in [0.05, 0.1) is 6.61 Å². The maximum atomic E-state index is 5.27. The SMILES string of the molecule is COCc1ccccc1CNC1CCN(C(C)C)CC1. The zero-order valence-corrected chi connectivity index (χ0v) is 13.1. The number of methoxy groups -OCH3 is 1. The average molecular weight is 276 g/mol. The van der Waals surface area contributed by atoms with Gasteiger partial charge in [0.25, 0.3) is 0 Å². The minimum Gasteiger partial charge on any atom is -0.380 e. The van der Waals surface area contributed by atoms with E-state index < -0.39 is 0 Å². The molecule has 0 unspecified atom stereocenters. The summed E-state index contributed by atoms with van der Waals surface area (Å²) in [5.74, 6) is 0. The lowest BCUT2D eigenvalue weighted by Gasteiger charge is -2.35. The lowest BCUT2D eigenvalue weighted by Crippen LogP contribution is -2.44. The van der Waals surface area contributed by atoms with E-state index in [1.807, 2.05) is 0 Å². The maximum absolute atomic E-state index is 5.27. The summed E-state index contributed by atoms with van der Waals surface area (Å²) in [5, 5.41) is 3.71. The van der Waals surface area contributed by atoms with Gasteiger partial charge in [0, 0.05) is 25.7 Å². The fourth-order valence-electron chi connectivity index (χ4n) is 2.90. The molecule has 1 aromatic rings. The Balaban J connectivity index is 1.81. The van der Waals surface area contributed by atoms with E-state index in [0.29, 0.717) is 18.7 Å². The lowest BCUT2D eigenvalue weighted by molar-refractivity contribution is 0.160. The minimum atomic E-state index is 0.653. The van der Waals surface area contributed by atoms with Gasteiger partial charge in [-0.2, -0.15) is 0 Å². The third-order valence-electron chi connectivity index (χ3n) is 4.26. The smallest absolute Gasteiger partial charge is 0.0716 e. The van der Waals surface area contributed by atoms with Crippen LogP contribution in [0.15, 0.2) is 24.3 Å². The largest absolute Gasteiger partial charge is 0.380 e. The van der Waals surface area contributed by atoms with E-state index in [4.69, 9.17) is 4.74 Å². The predicted molar refractivity (Wildman–Crippen MR) is 83.7 cm³/mol. The monoisotopic (exact) mass is 276 g/mol. The van der Waals surface area contributed by atoms with Gasteiger partial charge in [0.15, 0.2) is 0 Å². The van der Waals surface area contributed by atoms with Crippen molar-refractivity contribution in [3.63, 3.8) is 0 Å². The first kappa shape index (κ1) is 15.5. The normalized spacial score (nSPS) is 17.8. The van der Waals surface area contributed by atoms with Gasteiger partial charge in [-0.25, -0.2) is 0 Å². The Morgan fingerprint density at radius 1 is 1.20 bits per heavy atom. The molecule has 1 fully saturated rings. The molecule has 1 aliphatic heterocycles. The van der Waals surface area contributed by atoms with Gasteiger partial charge >= 0.3 is 0 Å². The van der Waals surface area contributed by atoms with E-state index in [1.165, 1.54) is 37.1 Å². The second-order valence-electron chi connectivity index (χ2n) is 5.99. The summed E-state index contributed by atoms with van der Waals surface area (Å²) in [6.07, 6.45) is 2.51. The average Bonchev–Trinajstić information content (AvgIpc) is 2.47. The summed E-state index contributed by atoms with van der Waals surface area (Å²) in [6, 6.07) is 9.88. The molecule has 1 aromatic carbocycles. The van der Waals surface area contributed by atoms with Gasteiger partial charge in [-0.05, 0) is 50.9 Å². The molecule has 0 saturated carbocycles. The molecule has 3 nitrogen and oxygen atoms in total. The van der Waals surface area contributed by atoms with Crippen LogP contribution in [-0.4, -0.2) is 37.2 Å². The Morgan fingerprint density at radius 3 is 2.45 bits per heavy atom. The fraction of sp³-hybridized carbons (Fsp3) is 0.647. The van der Waals surface area contributed by atoms with Crippen LogP contribution in [0.25, 0.3) is 0 Å². The lowest BCUT2D eigenvalue weighted by atomic mass is 10.0. The van der Waals surface area contributed by atoms with Crippen LogP contribution in [0.3, 0.4) is 0 Å². The molecule has 1 saturated heterocycles. The topological polar surface area (TPSA) is 24.5 Å². The van der Waals surface area contributed by atoms with Crippen molar-refractivity contribution in [2.45, 2.75) is 51.9 Å². The second kappa shape index (κ2) is 7.77. The molecule has 1 aliphatic rings. The second-order valence-corrected chi connectivity index (χ2v) is 5.99. The number of ether oxygens (including phenoxy) is 1. The van der Waals surface area contributed by atoms with Gasteiger partial charge in [-0.3, -0.25) is 0 Å². The fourth-order valence-corrected chi connectivity index (χ4v) is 2.90. The molecule has 0 aliphatic carbocycles. The van der Waals surface area contributed by atoms with Crippen LogP contribution in [-0.2, 0) is 17.9 Å². The van der Waals surface area contributed by atoms with Crippen molar-refractivity contribution in [3.05, 3.63) is 35.4 Å². The van der Waals surface area contributed by atoms with Crippen molar-refractivity contribution >= 4 is 0 Å². The van der Waals surface area contributed by atoms with Crippen LogP contribution < -0.4 is 5.32 Å². The third kappa shape index (κ3) is 4.30. The van der Waals surface area contributed by atoms with Crippen molar-refractivity contribution in [1.29, 1.82) is 0 Å². The highest BCUT2D eigenvalue weighted by Crippen LogP contribution is 2.15. The van der Waals surface area contributed by atoms with Crippen molar-refractivity contribution in [3.8, 4) is 0 Å². The molecular formula is C17H28N2O. The molecule has 1 heterocycles. The van der Waals surface area contributed by atoms with Gasteiger partial charge < -0.3 is 15.0 Å². The predicted octanol–water partition coefficient (Wildman–Crippen LogP) is 2.80. The van der Waals surface area contributed by atoms with E-state index >= 15 is 0 Å². The number of benzene rings is 1. The van der Waals surface area contributed by atoms with Crippen molar-refractivity contribution < 1.29 is 4.74 Å². The van der Waals surface area contributed by atoms with Crippen LogP contribution in [0.4, 0.5) is 0 Å². The van der Waals surface area contributed by atoms with E-state index in [0.717, 1.165) is 6.54 Å². The van der Waals surface area contributed by atoms with E-state index in [-0.39, 0.29) is 0 Å². The molecule has 0 radical (unpaired) electrons. The zero-order valence-electron chi connectivity index (χ0n) is 13.1. The van der Waals surface area contributed by atoms with Crippen LogP contribution >= 0.6 is 0 Å². The number of piperidine rings is 1. The number of hydrogen-bond acceptors (Lipinski definition) is 3. The molecule has 0 spiro atoms. The Bertz CT molecular complexity index is 398. The van der Waals surface area contributed by atoms with E-state index in [2.05, 4.69) is 48.3 Å². The van der Waals surface area contributed by atoms with Gasteiger partial charge in [-0.15, -0.1) is 0 Å². The highest BCUT2D eigenvalue weighted by Gasteiger charge is 2.20. The summed E-state index contributed by atoms with van der Waals surface area (Å²) >= 11 is 0. The minimum absolute atomic E-state index is 0.653. The molecule has 0 amide bonds.